The number of ketones is 1. The van der Waals surface area contributed by atoms with Gasteiger partial charge in [-0.05, 0) is 73.3 Å². The first-order valence-electron chi connectivity index (χ1n) is 10.6. The predicted octanol–water partition coefficient (Wildman–Crippen LogP) is 4.96. The molecule has 0 radical (unpaired) electrons. The molecule has 2 aromatic rings. The van der Waals surface area contributed by atoms with E-state index in [1.54, 1.807) is 24.3 Å². The molecule has 3 rings (SSSR count). The number of hydrogen-bond acceptors (Lipinski definition) is 3. The van der Waals surface area contributed by atoms with Crippen molar-refractivity contribution in [1.82, 2.24) is 10.2 Å². The Labute approximate surface area is 184 Å². The van der Waals surface area contributed by atoms with Crippen LogP contribution in [0.1, 0.15) is 59.9 Å². The lowest BCUT2D eigenvalue weighted by Crippen LogP contribution is -2.41. The van der Waals surface area contributed by atoms with Gasteiger partial charge in [-0.1, -0.05) is 44.5 Å². The first kappa shape index (κ1) is 22.5. The number of benzene rings is 2. The number of nitrogens with one attached hydrogen (secondary N) is 1. The lowest BCUT2D eigenvalue weighted by molar-refractivity contribution is 0.0839. The maximum atomic E-state index is 12.6. The van der Waals surface area contributed by atoms with E-state index in [9.17, 15) is 9.59 Å². The largest absolute Gasteiger partial charge is 0.351 e. The van der Waals surface area contributed by atoms with Crippen LogP contribution in [0.3, 0.4) is 0 Å². The van der Waals surface area contributed by atoms with Crippen LogP contribution < -0.4 is 5.32 Å². The van der Waals surface area contributed by atoms with Gasteiger partial charge in [-0.2, -0.15) is 0 Å². The Balaban J connectivity index is 1.41. The van der Waals surface area contributed by atoms with Gasteiger partial charge in [0.1, 0.15) is 0 Å². The number of Topliss-reactive ketones (excluding diaryl/α,β-unsaturated/α-hetero) is 1. The number of rotatable bonds is 6. The molecule has 0 bridgehead atoms. The molecule has 1 aliphatic heterocycles. The van der Waals surface area contributed by atoms with Crippen LogP contribution in [0.25, 0.3) is 0 Å². The third kappa shape index (κ3) is 5.93. The Kier molecular flexibility index (Phi) is 7.32. The van der Waals surface area contributed by atoms with Crippen LogP contribution in [0.15, 0.2) is 48.5 Å². The van der Waals surface area contributed by atoms with Crippen molar-refractivity contribution < 1.29 is 9.59 Å². The molecular weight excluding hydrogens is 396 g/mol. The highest BCUT2D eigenvalue weighted by Crippen LogP contribution is 2.23. The minimum Gasteiger partial charge on any atom is -0.351 e. The monoisotopic (exact) mass is 426 g/mol. The van der Waals surface area contributed by atoms with Crippen molar-refractivity contribution in [2.24, 2.45) is 5.92 Å². The SMILES string of the molecule is CC(C)(C)c1ccc(C(=O)NCCN2CCC(C(=O)c3ccc(Cl)cc3)CC2)cc1. The second kappa shape index (κ2) is 9.76. The van der Waals surface area contributed by atoms with Gasteiger partial charge >= 0.3 is 0 Å². The molecule has 1 fully saturated rings. The molecule has 1 heterocycles. The summed E-state index contributed by atoms with van der Waals surface area (Å²) in [4.78, 5) is 27.3. The Morgan fingerprint density at radius 1 is 0.967 bits per heavy atom. The number of likely N-dealkylation sites (tertiary alicyclic amines) is 1. The summed E-state index contributed by atoms with van der Waals surface area (Å²) in [5.74, 6) is 0.236. The van der Waals surface area contributed by atoms with Crippen LogP contribution in [0, 0.1) is 5.92 Å². The van der Waals surface area contributed by atoms with Gasteiger partial charge in [0.25, 0.3) is 5.91 Å². The normalized spacial score (nSPS) is 15.7. The Morgan fingerprint density at radius 3 is 2.10 bits per heavy atom. The lowest BCUT2D eigenvalue weighted by atomic mass is 9.87. The molecule has 0 spiro atoms. The van der Waals surface area contributed by atoms with Crippen LogP contribution in [-0.2, 0) is 5.41 Å². The Bertz CT molecular complexity index is 862. The molecule has 5 heteroatoms. The topological polar surface area (TPSA) is 49.4 Å². The number of carbonyl (C=O) groups is 2. The van der Waals surface area contributed by atoms with E-state index in [1.807, 2.05) is 24.3 Å². The van der Waals surface area contributed by atoms with Crippen LogP contribution in [-0.4, -0.2) is 42.8 Å². The van der Waals surface area contributed by atoms with Gasteiger partial charge in [0.05, 0.1) is 0 Å². The maximum Gasteiger partial charge on any atom is 0.251 e. The molecule has 0 atom stereocenters. The highest BCUT2D eigenvalue weighted by molar-refractivity contribution is 6.30. The smallest absolute Gasteiger partial charge is 0.251 e. The van der Waals surface area contributed by atoms with Gasteiger partial charge in [-0.3, -0.25) is 9.59 Å². The van der Waals surface area contributed by atoms with Crippen molar-refractivity contribution >= 4 is 23.3 Å². The number of piperidine rings is 1. The standard InChI is InChI=1S/C25H31ClN2O2/c1-25(2,3)21-8-4-20(5-9-21)24(30)27-14-17-28-15-12-19(13-16-28)23(29)18-6-10-22(26)11-7-18/h4-11,19H,12-17H2,1-3H3,(H,27,30). The van der Waals surface area contributed by atoms with E-state index in [1.165, 1.54) is 5.56 Å². The van der Waals surface area contributed by atoms with Crippen LogP contribution >= 0.6 is 11.6 Å². The minimum absolute atomic E-state index is 0.0386. The van der Waals surface area contributed by atoms with E-state index in [-0.39, 0.29) is 23.0 Å². The van der Waals surface area contributed by atoms with E-state index < -0.39 is 0 Å². The van der Waals surface area contributed by atoms with Crippen molar-refractivity contribution in [2.45, 2.75) is 39.0 Å². The van der Waals surface area contributed by atoms with E-state index in [0.29, 0.717) is 17.1 Å². The zero-order valence-corrected chi connectivity index (χ0v) is 18.8. The molecule has 160 valence electrons. The van der Waals surface area contributed by atoms with Crippen molar-refractivity contribution in [3.8, 4) is 0 Å². The van der Waals surface area contributed by atoms with E-state index in [4.69, 9.17) is 11.6 Å². The molecule has 0 unspecified atom stereocenters. The fraction of sp³-hybridized carbons (Fsp3) is 0.440. The highest BCUT2D eigenvalue weighted by atomic mass is 35.5. The molecular formula is C25H31ClN2O2. The zero-order chi connectivity index (χ0) is 21.7. The quantitative estimate of drug-likeness (QED) is 0.664. The van der Waals surface area contributed by atoms with Crippen LogP contribution in [0.2, 0.25) is 5.02 Å². The average Bonchev–Trinajstić information content (AvgIpc) is 2.74. The Hall–Kier alpha value is -2.17. The number of carbonyl (C=O) groups excluding carboxylic acids is 2. The van der Waals surface area contributed by atoms with Crippen molar-refractivity contribution in [3.63, 3.8) is 0 Å². The predicted molar refractivity (Wildman–Crippen MR) is 122 cm³/mol. The second-order valence-corrected chi connectivity index (χ2v) is 9.51. The second-order valence-electron chi connectivity index (χ2n) is 9.07. The number of amides is 1. The fourth-order valence-electron chi connectivity index (χ4n) is 3.82. The van der Waals surface area contributed by atoms with Crippen LogP contribution in [0.5, 0.6) is 0 Å². The summed E-state index contributed by atoms with van der Waals surface area (Å²) in [7, 11) is 0. The van der Waals surface area contributed by atoms with Crippen LogP contribution in [0.4, 0.5) is 0 Å². The minimum atomic E-state index is -0.0386. The molecule has 1 N–H and O–H groups in total. The molecule has 30 heavy (non-hydrogen) atoms. The van der Waals surface area contributed by atoms with Crippen molar-refractivity contribution in [3.05, 3.63) is 70.2 Å². The van der Waals surface area contributed by atoms with Crippen molar-refractivity contribution in [1.29, 1.82) is 0 Å². The lowest BCUT2D eigenvalue weighted by Gasteiger charge is -2.31. The van der Waals surface area contributed by atoms with E-state index in [0.717, 1.165) is 38.0 Å². The first-order chi connectivity index (χ1) is 14.2. The molecule has 4 nitrogen and oxygen atoms in total. The number of halogens is 1. The summed E-state index contributed by atoms with van der Waals surface area (Å²) in [5.41, 5.74) is 2.73. The fourth-order valence-corrected chi connectivity index (χ4v) is 3.95. The molecule has 0 aliphatic carbocycles. The summed E-state index contributed by atoms with van der Waals surface area (Å²) in [6.07, 6.45) is 1.70. The molecule has 1 amide bonds. The third-order valence-corrected chi connectivity index (χ3v) is 6.07. The zero-order valence-electron chi connectivity index (χ0n) is 18.1. The van der Waals surface area contributed by atoms with Gasteiger partial charge < -0.3 is 10.2 Å². The summed E-state index contributed by atoms with van der Waals surface area (Å²) < 4.78 is 0. The van der Waals surface area contributed by atoms with E-state index in [2.05, 4.69) is 31.0 Å². The third-order valence-electron chi connectivity index (χ3n) is 5.81. The summed E-state index contributed by atoms with van der Waals surface area (Å²) in [5, 5.41) is 3.66. The van der Waals surface area contributed by atoms with Gasteiger partial charge in [0, 0.05) is 35.2 Å². The molecule has 1 aliphatic rings. The van der Waals surface area contributed by atoms with Gasteiger partial charge in [-0.15, -0.1) is 0 Å². The Morgan fingerprint density at radius 2 is 1.53 bits per heavy atom. The average molecular weight is 427 g/mol. The summed E-state index contributed by atoms with van der Waals surface area (Å²) >= 11 is 5.91. The maximum absolute atomic E-state index is 12.6. The van der Waals surface area contributed by atoms with Gasteiger partial charge in [0.15, 0.2) is 5.78 Å². The highest BCUT2D eigenvalue weighted by Gasteiger charge is 2.25. The molecule has 0 saturated carbocycles. The molecule has 0 aromatic heterocycles. The first-order valence-corrected chi connectivity index (χ1v) is 11.0. The van der Waals surface area contributed by atoms with E-state index >= 15 is 0 Å². The molecule has 2 aromatic carbocycles. The summed E-state index contributed by atoms with van der Waals surface area (Å²) in [6.45, 7) is 9.64. The number of nitrogens with zero attached hydrogens (tertiary/aromatic N) is 1. The summed E-state index contributed by atoms with van der Waals surface area (Å²) in [6, 6.07) is 15.0. The van der Waals surface area contributed by atoms with Crippen molar-refractivity contribution in [2.75, 3.05) is 26.2 Å². The number of hydrogen-bond donors (Lipinski definition) is 1. The van der Waals surface area contributed by atoms with Gasteiger partial charge in [0.2, 0.25) is 0 Å². The van der Waals surface area contributed by atoms with Gasteiger partial charge in [-0.25, -0.2) is 0 Å². The molecule has 1 saturated heterocycles.